The van der Waals surface area contributed by atoms with E-state index in [1.165, 1.54) is 17.8 Å². The topological polar surface area (TPSA) is 84.1 Å². The van der Waals surface area contributed by atoms with Gasteiger partial charge in [0, 0.05) is 17.4 Å². The third-order valence-electron chi connectivity index (χ3n) is 3.91. The quantitative estimate of drug-likeness (QED) is 0.474. The molecule has 0 saturated heterocycles. The minimum Gasteiger partial charge on any atom is -0.494 e. The standard InChI is InChI=1S/C20H27N3O3S/c1-4-7-8-15-13-18(24)23-20(22-15)27-17(5-2)19(25)21-14-9-11-16(12-10-14)26-6-3/h9-13,17H,4-8H2,1-3H3,(H,21,25)(H,22,23,24). The molecule has 2 aromatic rings. The van der Waals surface area contributed by atoms with Crippen molar-refractivity contribution >= 4 is 23.4 Å². The van der Waals surface area contributed by atoms with Gasteiger partial charge < -0.3 is 15.0 Å². The van der Waals surface area contributed by atoms with Gasteiger partial charge in [-0.2, -0.15) is 0 Å². The number of hydrogen-bond donors (Lipinski definition) is 2. The molecule has 0 spiro atoms. The maximum absolute atomic E-state index is 12.6. The number of rotatable bonds is 10. The number of unbranched alkanes of at least 4 members (excludes halogenated alkanes) is 1. The summed E-state index contributed by atoms with van der Waals surface area (Å²) in [6, 6.07) is 8.80. The Kier molecular flexibility index (Phi) is 8.39. The van der Waals surface area contributed by atoms with E-state index in [2.05, 4.69) is 22.2 Å². The van der Waals surface area contributed by atoms with Gasteiger partial charge in [-0.1, -0.05) is 32.0 Å². The summed E-state index contributed by atoms with van der Waals surface area (Å²) in [6.07, 6.45) is 3.41. The van der Waals surface area contributed by atoms with Crippen LogP contribution >= 0.6 is 11.8 Å². The fraction of sp³-hybridized carbons (Fsp3) is 0.450. The molecule has 0 aliphatic rings. The zero-order valence-electron chi connectivity index (χ0n) is 16.1. The van der Waals surface area contributed by atoms with E-state index in [0.717, 1.165) is 30.7 Å². The fourth-order valence-corrected chi connectivity index (χ4v) is 3.44. The molecular formula is C20H27N3O3S. The van der Waals surface area contributed by atoms with E-state index >= 15 is 0 Å². The smallest absolute Gasteiger partial charge is 0.251 e. The molecule has 1 aromatic heterocycles. The van der Waals surface area contributed by atoms with E-state index in [-0.39, 0.29) is 16.7 Å². The monoisotopic (exact) mass is 389 g/mol. The SMILES string of the molecule is CCCCc1cc(=O)[nH]c(SC(CC)C(=O)Nc2ccc(OCC)cc2)n1. The molecule has 0 aliphatic carbocycles. The number of amides is 1. The Bertz CT molecular complexity index is 790. The fourth-order valence-electron chi connectivity index (χ4n) is 2.51. The van der Waals surface area contributed by atoms with Crippen LogP contribution in [0.4, 0.5) is 5.69 Å². The number of thioether (sulfide) groups is 1. The van der Waals surface area contributed by atoms with E-state index in [4.69, 9.17) is 4.74 Å². The van der Waals surface area contributed by atoms with Crippen LogP contribution in [0.1, 0.15) is 45.7 Å². The molecule has 0 saturated carbocycles. The number of aromatic nitrogens is 2. The van der Waals surface area contributed by atoms with E-state index in [0.29, 0.717) is 23.9 Å². The molecule has 2 N–H and O–H groups in total. The summed E-state index contributed by atoms with van der Waals surface area (Å²) in [5.41, 5.74) is 1.30. The molecular weight excluding hydrogens is 362 g/mol. The van der Waals surface area contributed by atoms with Gasteiger partial charge in [-0.25, -0.2) is 4.98 Å². The highest BCUT2D eigenvalue weighted by Gasteiger charge is 2.19. The van der Waals surface area contributed by atoms with Gasteiger partial charge in [-0.15, -0.1) is 0 Å². The number of carbonyl (C=O) groups excluding carboxylic acids is 1. The zero-order valence-corrected chi connectivity index (χ0v) is 16.9. The number of aromatic amines is 1. The van der Waals surface area contributed by atoms with E-state index < -0.39 is 0 Å². The third-order valence-corrected chi connectivity index (χ3v) is 5.16. The van der Waals surface area contributed by atoms with Crippen molar-refractivity contribution in [1.82, 2.24) is 9.97 Å². The Labute approximate surface area is 164 Å². The number of aryl methyl sites for hydroxylation is 1. The summed E-state index contributed by atoms with van der Waals surface area (Å²) >= 11 is 1.29. The summed E-state index contributed by atoms with van der Waals surface area (Å²) < 4.78 is 5.40. The van der Waals surface area contributed by atoms with Crippen LogP contribution < -0.4 is 15.6 Å². The van der Waals surface area contributed by atoms with E-state index in [1.54, 1.807) is 0 Å². The van der Waals surface area contributed by atoms with Gasteiger partial charge in [-0.3, -0.25) is 9.59 Å². The number of H-pyrrole nitrogens is 1. The molecule has 1 atom stereocenters. The predicted molar refractivity (Wildman–Crippen MR) is 110 cm³/mol. The highest BCUT2D eigenvalue weighted by molar-refractivity contribution is 8.00. The van der Waals surface area contributed by atoms with Crippen LogP contribution in [0.25, 0.3) is 0 Å². The molecule has 1 heterocycles. The average molecular weight is 390 g/mol. The summed E-state index contributed by atoms with van der Waals surface area (Å²) in [5.74, 6) is 0.649. The van der Waals surface area contributed by atoms with Crippen LogP contribution in [0.5, 0.6) is 5.75 Å². The first-order valence-electron chi connectivity index (χ1n) is 9.36. The zero-order chi connectivity index (χ0) is 19.6. The van der Waals surface area contributed by atoms with Crippen LogP contribution in [0.15, 0.2) is 40.3 Å². The lowest BCUT2D eigenvalue weighted by atomic mass is 10.2. The van der Waals surface area contributed by atoms with Crippen LogP contribution in [0.3, 0.4) is 0 Å². The maximum atomic E-state index is 12.6. The number of nitrogens with one attached hydrogen (secondary N) is 2. The molecule has 0 radical (unpaired) electrons. The summed E-state index contributed by atoms with van der Waals surface area (Å²) in [7, 11) is 0. The average Bonchev–Trinajstić information content (AvgIpc) is 2.65. The maximum Gasteiger partial charge on any atom is 0.251 e. The molecule has 0 bridgehead atoms. The molecule has 0 aliphatic heterocycles. The molecule has 1 aromatic carbocycles. The van der Waals surface area contributed by atoms with Crippen molar-refractivity contribution in [3.63, 3.8) is 0 Å². The number of hydrogen-bond acceptors (Lipinski definition) is 5. The van der Waals surface area contributed by atoms with Gasteiger partial charge in [0.25, 0.3) is 5.56 Å². The van der Waals surface area contributed by atoms with Gasteiger partial charge in [0.2, 0.25) is 5.91 Å². The lowest BCUT2D eigenvalue weighted by Crippen LogP contribution is -2.25. The summed E-state index contributed by atoms with van der Waals surface area (Å²) in [4.78, 5) is 31.7. The van der Waals surface area contributed by atoms with Gasteiger partial charge >= 0.3 is 0 Å². The Morgan fingerprint density at radius 3 is 2.63 bits per heavy atom. The number of ether oxygens (including phenoxy) is 1. The second-order valence-corrected chi connectivity index (χ2v) is 7.30. The van der Waals surface area contributed by atoms with Gasteiger partial charge in [0.1, 0.15) is 5.75 Å². The van der Waals surface area contributed by atoms with Crippen molar-refractivity contribution in [2.75, 3.05) is 11.9 Å². The second kappa shape index (κ2) is 10.8. The Morgan fingerprint density at radius 1 is 1.26 bits per heavy atom. The largest absolute Gasteiger partial charge is 0.494 e. The van der Waals surface area contributed by atoms with E-state index in [1.807, 2.05) is 38.1 Å². The first kappa shape index (κ1) is 21.0. The number of nitrogens with zero attached hydrogens (tertiary/aromatic N) is 1. The Hall–Kier alpha value is -2.28. The van der Waals surface area contributed by atoms with Crippen LogP contribution in [0.2, 0.25) is 0 Å². The molecule has 0 fully saturated rings. The third kappa shape index (κ3) is 6.75. The van der Waals surface area contributed by atoms with Crippen molar-refractivity contribution < 1.29 is 9.53 Å². The second-order valence-electron chi connectivity index (χ2n) is 6.11. The van der Waals surface area contributed by atoms with Crippen molar-refractivity contribution in [3.05, 3.63) is 46.4 Å². The lowest BCUT2D eigenvalue weighted by molar-refractivity contribution is -0.115. The van der Waals surface area contributed by atoms with Crippen molar-refractivity contribution in [1.29, 1.82) is 0 Å². The first-order chi connectivity index (χ1) is 13.0. The first-order valence-corrected chi connectivity index (χ1v) is 10.2. The summed E-state index contributed by atoms with van der Waals surface area (Å²) in [6.45, 7) is 6.56. The number of carbonyl (C=O) groups is 1. The minimum atomic E-state index is -0.346. The van der Waals surface area contributed by atoms with Crippen molar-refractivity contribution in [3.8, 4) is 5.75 Å². The summed E-state index contributed by atoms with van der Waals surface area (Å²) in [5, 5.41) is 3.05. The van der Waals surface area contributed by atoms with Crippen LogP contribution in [0, 0.1) is 0 Å². The predicted octanol–water partition coefficient (Wildman–Crippen LogP) is 4.02. The van der Waals surface area contributed by atoms with Gasteiger partial charge in [0.05, 0.1) is 11.9 Å². The number of benzene rings is 1. The van der Waals surface area contributed by atoms with Crippen LogP contribution in [-0.4, -0.2) is 27.7 Å². The van der Waals surface area contributed by atoms with Crippen molar-refractivity contribution in [2.45, 2.75) is 56.9 Å². The molecule has 1 unspecified atom stereocenters. The molecule has 1 amide bonds. The lowest BCUT2D eigenvalue weighted by Gasteiger charge is -2.14. The van der Waals surface area contributed by atoms with Gasteiger partial charge in [0.15, 0.2) is 5.16 Å². The van der Waals surface area contributed by atoms with Crippen LogP contribution in [-0.2, 0) is 11.2 Å². The molecule has 27 heavy (non-hydrogen) atoms. The Balaban J connectivity index is 2.04. The molecule has 146 valence electrons. The highest BCUT2D eigenvalue weighted by Crippen LogP contribution is 2.24. The molecule has 2 rings (SSSR count). The highest BCUT2D eigenvalue weighted by atomic mass is 32.2. The van der Waals surface area contributed by atoms with E-state index in [9.17, 15) is 9.59 Å². The molecule has 6 nitrogen and oxygen atoms in total. The normalized spacial score (nSPS) is 11.8. The van der Waals surface area contributed by atoms with Crippen molar-refractivity contribution in [2.24, 2.45) is 0 Å². The molecule has 7 heteroatoms. The number of anilines is 1. The minimum absolute atomic E-state index is 0.117. The van der Waals surface area contributed by atoms with Gasteiger partial charge in [-0.05, 0) is 50.5 Å². The Morgan fingerprint density at radius 2 is 2.00 bits per heavy atom.